The van der Waals surface area contributed by atoms with Gasteiger partial charge in [0.15, 0.2) is 0 Å². The highest BCUT2D eigenvalue weighted by Gasteiger charge is 2.21. The highest BCUT2D eigenvalue weighted by molar-refractivity contribution is 7.13. The number of thiazole rings is 1. The summed E-state index contributed by atoms with van der Waals surface area (Å²) in [7, 11) is 0. The first-order valence-electron chi connectivity index (χ1n) is 6.85. The maximum Gasteiger partial charge on any atom is 0.263 e. The lowest BCUT2D eigenvalue weighted by atomic mass is 9.98. The van der Waals surface area contributed by atoms with E-state index in [2.05, 4.69) is 19.9 Å². The van der Waals surface area contributed by atoms with E-state index in [-0.39, 0.29) is 5.91 Å². The van der Waals surface area contributed by atoms with Crippen LogP contribution in [0, 0.1) is 19.8 Å². The number of fused-ring (bicyclic) bond motifs is 1. The molecular formula is C14H18N4OS. The van der Waals surface area contributed by atoms with E-state index in [1.54, 1.807) is 0 Å². The zero-order valence-electron chi connectivity index (χ0n) is 11.7. The van der Waals surface area contributed by atoms with Crippen molar-refractivity contribution < 1.29 is 4.79 Å². The third-order valence-electron chi connectivity index (χ3n) is 3.71. The average Bonchev–Trinajstić information content (AvgIpc) is 3.01. The number of hydrogen-bond acceptors (Lipinski definition) is 4. The standard InChI is InChI=1S/C14H18N4OS/c1-9-13(20-10(2)17-9)14(19)16-8-11-3-5-18-6-4-15-12(18)7-11/h4,6,11H,3,5,7-8H2,1-2H3,(H,16,19). The Kier molecular flexibility index (Phi) is 3.56. The van der Waals surface area contributed by atoms with Crippen LogP contribution in [-0.4, -0.2) is 27.0 Å². The van der Waals surface area contributed by atoms with Crippen molar-refractivity contribution in [3.8, 4) is 0 Å². The zero-order chi connectivity index (χ0) is 14.1. The largest absolute Gasteiger partial charge is 0.351 e. The summed E-state index contributed by atoms with van der Waals surface area (Å²) in [5.74, 6) is 1.60. The van der Waals surface area contributed by atoms with Gasteiger partial charge < -0.3 is 9.88 Å². The maximum atomic E-state index is 12.2. The number of carbonyl (C=O) groups excluding carboxylic acids is 1. The average molecular weight is 290 g/mol. The summed E-state index contributed by atoms with van der Waals surface area (Å²) in [4.78, 5) is 21.5. The summed E-state index contributed by atoms with van der Waals surface area (Å²) in [6, 6.07) is 0. The minimum atomic E-state index is 0.00187. The van der Waals surface area contributed by atoms with Gasteiger partial charge in [-0.05, 0) is 26.2 Å². The van der Waals surface area contributed by atoms with Crippen molar-refractivity contribution in [1.29, 1.82) is 0 Å². The molecule has 1 unspecified atom stereocenters. The molecule has 1 atom stereocenters. The number of carbonyl (C=O) groups is 1. The fourth-order valence-electron chi connectivity index (χ4n) is 2.65. The second-order valence-corrected chi connectivity index (χ2v) is 6.46. The number of amides is 1. The molecule has 0 saturated heterocycles. The first-order chi connectivity index (χ1) is 9.63. The Bertz CT molecular complexity index is 631. The van der Waals surface area contributed by atoms with Crippen molar-refractivity contribution in [2.24, 2.45) is 5.92 Å². The summed E-state index contributed by atoms with van der Waals surface area (Å²) in [5, 5.41) is 3.98. The Hall–Kier alpha value is -1.69. The second-order valence-electron chi connectivity index (χ2n) is 5.25. The van der Waals surface area contributed by atoms with Gasteiger partial charge in [0.25, 0.3) is 5.91 Å². The molecule has 0 saturated carbocycles. The monoisotopic (exact) mass is 290 g/mol. The van der Waals surface area contributed by atoms with Crippen molar-refractivity contribution >= 4 is 17.2 Å². The van der Waals surface area contributed by atoms with Crippen LogP contribution in [0.1, 0.15) is 32.6 Å². The molecule has 20 heavy (non-hydrogen) atoms. The van der Waals surface area contributed by atoms with Gasteiger partial charge in [0, 0.05) is 31.9 Å². The topological polar surface area (TPSA) is 59.8 Å². The predicted molar refractivity (Wildman–Crippen MR) is 78.0 cm³/mol. The Morgan fingerprint density at radius 3 is 3.15 bits per heavy atom. The van der Waals surface area contributed by atoms with Gasteiger partial charge in [0.1, 0.15) is 10.7 Å². The Morgan fingerprint density at radius 2 is 2.40 bits per heavy atom. The number of rotatable bonds is 3. The number of imidazole rings is 1. The number of nitrogens with zero attached hydrogens (tertiary/aromatic N) is 3. The lowest BCUT2D eigenvalue weighted by molar-refractivity contribution is 0.0948. The molecule has 2 aromatic heterocycles. The van der Waals surface area contributed by atoms with Gasteiger partial charge in [0.05, 0.1) is 10.7 Å². The normalized spacial score (nSPS) is 17.8. The van der Waals surface area contributed by atoms with Gasteiger partial charge in [0.2, 0.25) is 0 Å². The molecule has 106 valence electrons. The summed E-state index contributed by atoms with van der Waals surface area (Å²) in [5.41, 5.74) is 0.823. The fraction of sp³-hybridized carbons (Fsp3) is 0.500. The van der Waals surface area contributed by atoms with E-state index in [9.17, 15) is 4.79 Å². The first kappa shape index (κ1) is 13.3. The minimum Gasteiger partial charge on any atom is -0.351 e. The first-order valence-corrected chi connectivity index (χ1v) is 7.67. The van der Waals surface area contributed by atoms with Gasteiger partial charge in [-0.3, -0.25) is 4.79 Å². The molecule has 0 radical (unpaired) electrons. The van der Waals surface area contributed by atoms with Crippen LogP contribution in [0.4, 0.5) is 0 Å². The van der Waals surface area contributed by atoms with E-state index in [1.807, 2.05) is 26.2 Å². The predicted octanol–water partition coefficient (Wildman–Crippen LogP) is 1.95. The van der Waals surface area contributed by atoms with Crippen molar-refractivity contribution in [1.82, 2.24) is 19.9 Å². The van der Waals surface area contributed by atoms with Crippen LogP contribution in [0.3, 0.4) is 0 Å². The van der Waals surface area contributed by atoms with Crippen molar-refractivity contribution in [3.05, 3.63) is 33.8 Å². The SMILES string of the molecule is Cc1nc(C)c(C(=O)NCC2CCn3ccnc3C2)s1. The van der Waals surface area contributed by atoms with Gasteiger partial charge >= 0.3 is 0 Å². The van der Waals surface area contributed by atoms with Gasteiger partial charge in [-0.2, -0.15) is 0 Å². The van der Waals surface area contributed by atoms with E-state index in [0.29, 0.717) is 12.5 Å². The second kappa shape index (κ2) is 5.36. The van der Waals surface area contributed by atoms with E-state index >= 15 is 0 Å². The molecule has 0 fully saturated rings. The molecule has 3 rings (SSSR count). The van der Waals surface area contributed by atoms with Crippen molar-refractivity contribution in [2.45, 2.75) is 33.2 Å². The van der Waals surface area contributed by atoms with Crippen molar-refractivity contribution in [2.75, 3.05) is 6.54 Å². The molecule has 6 heteroatoms. The lowest BCUT2D eigenvalue weighted by Gasteiger charge is -2.23. The number of hydrogen-bond donors (Lipinski definition) is 1. The fourth-order valence-corrected chi connectivity index (χ4v) is 3.49. The molecule has 2 aromatic rings. The Balaban J connectivity index is 1.58. The molecule has 0 bridgehead atoms. The van der Waals surface area contributed by atoms with Crippen LogP contribution in [0.15, 0.2) is 12.4 Å². The van der Waals surface area contributed by atoms with Crippen LogP contribution < -0.4 is 5.32 Å². The van der Waals surface area contributed by atoms with Crippen LogP contribution in [0.2, 0.25) is 0 Å². The summed E-state index contributed by atoms with van der Waals surface area (Å²) in [6.45, 7) is 5.52. The summed E-state index contributed by atoms with van der Waals surface area (Å²) >= 11 is 1.46. The molecular weight excluding hydrogens is 272 g/mol. The van der Waals surface area contributed by atoms with E-state index in [4.69, 9.17) is 0 Å². The lowest BCUT2D eigenvalue weighted by Crippen LogP contribution is -2.33. The number of nitrogens with one attached hydrogen (secondary N) is 1. The van der Waals surface area contributed by atoms with Gasteiger partial charge in [-0.1, -0.05) is 0 Å². The maximum absolute atomic E-state index is 12.2. The highest BCUT2D eigenvalue weighted by atomic mass is 32.1. The molecule has 1 aliphatic heterocycles. The van der Waals surface area contributed by atoms with E-state index in [1.165, 1.54) is 11.3 Å². The molecule has 1 aliphatic rings. The van der Waals surface area contributed by atoms with E-state index < -0.39 is 0 Å². The van der Waals surface area contributed by atoms with Gasteiger partial charge in [-0.25, -0.2) is 9.97 Å². The Morgan fingerprint density at radius 1 is 1.55 bits per heavy atom. The van der Waals surface area contributed by atoms with Crippen LogP contribution >= 0.6 is 11.3 Å². The van der Waals surface area contributed by atoms with E-state index in [0.717, 1.165) is 40.8 Å². The summed E-state index contributed by atoms with van der Waals surface area (Å²) < 4.78 is 2.19. The number of aryl methyl sites for hydroxylation is 3. The molecule has 1 amide bonds. The molecule has 3 heterocycles. The molecule has 0 aliphatic carbocycles. The zero-order valence-corrected chi connectivity index (χ0v) is 12.5. The van der Waals surface area contributed by atoms with Crippen molar-refractivity contribution in [3.63, 3.8) is 0 Å². The highest BCUT2D eigenvalue weighted by Crippen LogP contribution is 2.20. The smallest absolute Gasteiger partial charge is 0.263 e. The summed E-state index contributed by atoms with van der Waals surface area (Å²) in [6.07, 6.45) is 5.89. The van der Waals surface area contributed by atoms with Crippen LogP contribution in [-0.2, 0) is 13.0 Å². The quantitative estimate of drug-likeness (QED) is 0.940. The molecule has 1 N–H and O–H groups in total. The minimum absolute atomic E-state index is 0.00187. The number of aromatic nitrogens is 3. The third-order valence-corrected chi connectivity index (χ3v) is 4.78. The van der Waals surface area contributed by atoms with Crippen LogP contribution in [0.5, 0.6) is 0 Å². The molecule has 0 aromatic carbocycles. The Labute approximate surface area is 122 Å². The van der Waals surface area contributed by atoms with Crippen LogP contribution in [0.25, 0.3) is 0 Å². The van der Waals surface area contributed by atoms with Gasteiger partial charge in [-0.15, -0.1) is 11.3 Å². The third kappa shape index (κ3) is 2.60. The molecule has 5 nitrogen and oxygen atoms in total. The molecule has 0 spiro atoms.